The van der Waals surface area contributed by atoms with Gasteiger partial charge in [0.2, 0.25) is 0 Å². The van der Waals surface area contributed by atoms with Gasteiger partial charge >= 0.3 is 19.6 Å². The summed E-state index contributed by atoms with van der Waals surface area (Å²) in [7, 11) is -4.19. The average Bonchev–Trinajstić information content (AvgIpc) is 3.62. The van der Waals surface area contributed by atoms with Crippen LogP contribution in [-0.2, 0) is 34.5 Å². The Labute approximate surface area is 233 Å². The van der Waals surface area contributed by atoms with E-state index >= 15 is 0 Å². The lowest BCUT2D eigenvalue weighted by Gasteiger charge is -2.22. The van der Waals surface area contributed by atoms with Crippen LogP contribution >= 0.6 is 7.60 Å². The number of carbonyl (C=O) groups excluding carboxylic acids is 1. The number of amides is 2. The van der Waals surface area contributed by atoms with Gasteiger partial charge in [-0.25, -0.2) is 19.7 Å². The molecular formula is C24H30N7O9P. The molecule has 0 bridgehead atoms. The number of carboxylic acid groups (broad SMARTS) is 1. The van der Waals surface area contributed by atoms with Crippen LogP contribution in [0.3, 0.4) is 0 Å². The molecule has 220 valence electrons. The minimum atomic E-state index is -4.19. The van der Waals surface area contributed by atoms with Crippen LogP contribution in [0.25, 0.3) is 11.2 Å². The highest BCUT2D eigenvalue weighted by Crippen LogP contribution is 2.45. The molecule has 3 aromatic rings. The monoisotopic (exact) mass is 591 g/mol. The number of imidazole rings is 1. The molecule has 3 unspecified atom stereocenters. The van der Waals surface area contributed by atoms with Crippen LogP contribution in [0.2, 0.25) is 0 Å². The van der Waals surface area contributed by atoms with Crippen molar-refractivity contribution in [1.82, 2.24) is 30.2 Å². The van der Waals surface area contributed by atoms with E-state index in [1.807, 2.05) is 30.3 Å². The topological polar surface area (TPSA) is 208 Å². The van der Waals surface area contributed by atoms with Crippen LogP contribution in [0.15, 0.2) is 43.0 Å². The van der Waals surface area contributed by atoms with E-state index in [9.17, 15) is 19.0 Å². The Morgan fingerprint density at radius 2 is 1.90 bits per heavy atom. The number of hydrogen-bond donors (Lipinski definition) is 5. The van der Waals surface area contributed by atoms with Crippen molar-refractivity contribution in [3.8, 4) is 0 Å². The number of fused-ring (bicyclic) bond motifs is 2. The van der Waals surface area contributed by atoms with Gasteiger partial charge < -0.3 is 34.1 Å². The normalized spacial score (nSPS) is 25.1. The summed E-state index contributed by atoms with van der Waals surface area (Å²) in [6.45, 7) is 1.39. The minimum absolute atomic E-state index is 0.203. The molecule has 2 aliphatic heterocycles. The van der Waals surface area contributed by atoms with Gasteiger partial charge in [0.05, 0.1) is 25.8 Å². The van der Waals surface area contributed by atoms with Crippen molar-refractivity contribution in [2.24, 2.45) is 0 Å². The fraction of sp³-hybridized carbons (Fsp3) is 0.458. The molecule has 2 amide bonds. The van der Waals surface area contributed by atoms with Crippen LogP contribution in [0.1, 0.15) is 18.7 Å². The van der Waals surface area contributed by atoms with Gasteiger partial charge in [-0.05, 0) is 12.5 Å². The van der Waals surface area contributed by atoms with Crippen LogP contribution in [0.5, 0.6) is 0 Å². The van der Waals surface area contributed by atoms with Gasteiger partial charge in [0.1, 0.15) is 24.6 Å². The summed E-state index contributed by atoms with van der Waals surface area (Å²) in [4.78, 5) is 45.8. The molecule has 2 saturated heterocycles. The standard InChI is InChI=1S/C24H30N7O9P/c1-2-26-24(34)30-21-18-22(28-11-27-21)31(12-29-18)23-20-19(39-17(40-20)8-14-6-4-3-5-7-14)15(38-23)10-37-41(35,36)13-25-9-16(32)33/h3-7,11-12,15,17,19-20,23,25H,2,8-10,13H2,1H3,(H,32,33)(H,35,36)(H2,26,27,28,30,34)/t15-,17?,19?,20+,23-/m1/s1. The molecule has 16 nitrogen and oxygen atoms in total. The number of carboxylic acids is 1. The molecule has 0 saturated carbocycles. The van der Waals surface area contributed by atoms with Gasteiger partial charge in [-0.15, -0.1) is 0 Å². The second-order valence-corrected chi connectivity index (χ2v) is 11.2. The first-order valence-corrected chi connectivity index (χ1v) is 14.6. The third kappa shape index (κ3) is 6.87. The first-order chi connectivity index (χ1) is 19.7. The van der Waals surface area contributed by atoms with Crippen molar-refractivity contribution in [3.63, 3.8) is 0 Å². The predicted molar refractivity (Wildman–Crippen MR) is 142 cm³/mol. The van der Waals surface area contributed by atoms with Crippen LogP contribution in [0, 0.1) is 0 Å². The van der Waals surface area contributed by atoms with Crippen LogP contribution in [0.4, 0.5) is 10.6 Å². The first-order valence-electron chi connectivity index (χ1n) is 12.9. The van der Waals surface area contributed by atoms with E-state index in [4.69, 9.17) is 23.8 Å². The highest BCUT2D eigenvalue weighted by molar-refractivity contribution is 7.52. The molecule has 4 heterocycles. The Balaban J connectivity index is 1.36. The molecule has 2 aromatic heterocycles. The van der Waals surface area contributed by atoms with E-state index < -0.39 is 63.3 Å². The Morgan fingerprint density at radius 1 is 1.12 bits per heavy atom. The summed E-state index contributed by atoms with van der Waals surface area (Å²) < 4.78 is 38.1. The molecular weight excluding hydrogens is 561 g/mol. The SMILES string of the molecule is CCNC(=O)Nc1ncnc2c1ncn2[C@@H]1O[C@H](COP(=O)(O)CNCC(=O)O)C2OC(Cc3ccccc3)O[C@@H]21. The lowest BCUT2D eigenvalue weighted by atomic mass is 10.1. The molecule has 2 aliphatic rings. The summed E-state index contributed by atoms with van der Waals surface area (Å²) in [6, 6.07) is 9.18. The number of rotatable bonds is 12. The maximum Gasteiger partial charge on any atom is 0.341 e. The number of aromatic nitrogens is 4. The number of ether oxygens (including phenoxy) is 3. The molecule has 41 heavy (non-hydrogen) atoms. The van der Waals surface area contributed by atoms with Crippen molar-refractivity contribution < 1.29 is 42.9 Å². The van der Waals surface area contributed by atoms with Gasteiger partial charge in [0.15, 0.2) is 29.5 Å². The van der Waals surface area contributed by atoms with Gasteiger partial charge in [-0.2, -0.15) is 0 Å². The Bertz CT molecular complexity index is 1420. The molecule has 5 N–H and O–H groups in total. The molecule has 0 aliphatic carbocycles. The quantitative estimate of drug-likeness (QED) is 0.187. The zero-order chi connectivity index (χ0) is 29.0. The fourth-order valence-electron chi connectivity index (χ4n) is 4.64. The van der Waals surface area contributed by atoms with E-state index in [-0.39, 0.29) is 12.4 Å². The molecule has 1 aromatic carbocycles. The van der Waals surface area contributed by atoms with Gasteiger partial charge in [0.25, 0.3) is 0 Å². The van der Waals surface area contributed by atoms with Crippen molar-refractivity contribution in [1.29, 1.82) is 0 Å². The smallest absolute Gasteiger partial charge is 0.341 e. The summed E-state index contributed by atoms with van der Waals surface area (Å²) in [6.07, 6.45) is -0.923. The van der Waals surface area contributed by atoms with E-state index in [1.165, 1.54) is 12.7 Å². The Kier molecular flexibility index (Phi) is 8.89. The number of nitrogens with zero attached hydrogens (tertiary/aromatic N) is 4. The van der Waals surface area contributed by atoms with E-state index in [1.54, 1.807) is 11.5 Å². The van der Waals surface area contributed by atoms with Gasteiger partial charge in [-0.3, -0.25) is 24.6 Å². The number of hydrogen-bond acceptors (Lipinski definition) is 11. The van der Waals surface area contributed by atoms with E-state index in [0.717, 1.165) is 5.56 Å². The lowest BCUT2D eigenvalue weighted by molar-refractivity contribution is -0.148. The highest BCUT2D eigenvalue weighted by atomic mass is 31.2. The number of nitrogens with one attached hydrogen (secondary N) is 3. The average molecular weight is 592 g/mol. The number of aliphatic carboxylic acids is 1. The fourth-order valence-corrected chi connectivity index (χ4v) is 5.51. The zero-order valence-electron chi connectivity index (χ0n) is 22.0. The van der Waals surface area contributed by atoms with Crippen LogP contribution in [-0.4, -0.2) is 92.1 Å². The molecule has 0 spiro atoms. The maximum absolute atomic E-state index is 12.5. The summed E-state index contributed by atoms with van der Waals surface area (Å²) in [5.74, 6) is -0.966. The summed E-state index contributed by atoms with van der Waals surface area (Å²) in [5, 5.41) is 16.4. The second-order valence-electron chi connectivity index (χ2n) is 9.33. The second kappa shape index (κ2) is 12.6. The molecule has 17 heteroatoms. The van der Waals surface area contributed by atoms with Gasteiger partial charge in [-0.1, -0.05) is 30.3 Å². The van der Waals surface area contributed by atoms with Crippen molar-refractivity contribution in [2.45, 2.75) is 44.2 Å². The van der Waals surface area contributed by atoms with E-state index in [0.29, 0.717) is 24.1 Å². The molecule has 5 rings (SSSR count). The van der Waals surface area contributed by atoms with Crippen molar-refractivity contribution in [2.75, 3.05) is 31.3 Å². The van der Waals surface area contributed by atoms with Crippen molar-refractivity contribution in [3.05, 3.63) is 48.5 Å². The summed E-state index contributed by atoms with van der Waals surface area (Å²) >= 11 is 0. The Hall–Kier alpha value is -3.50. The predicted octanol–water partition coefficient (Wildman–Crippen LogP) is 1.05. The molecule has 6 atom stereocenters. The van der Waals surface area contributed by atoms with Gasteiger partial charge in [0, 0.05) is 13.0 Å². The summed E-state index contributed by atoms with van der Waals surface area (Å²) in [5.41, 5.74) is 1.68. The van der Waals surface area contributed by atoms with Crippen molar-refractivity contribution >= 4 is 36.6 Å². The maximum atomic E-state index is 12.5. The Morgan fingerprint density at radius 3 is 2.66 bits per heavy atom. The third-order valence-electron chi connectivity index (χ3n) is 6.38. The number of carbonyl (C=O) groups is 2. The highest BCUT2D eigenvalue weighted by Gasteiger charge is 2.54. The first kappa shape index (κ1) is 29.0. The number of urea groups is 1. The lowest BCUT2D eigenvalue weighted by Crippen LogP contribution is -2.32. The molecule has 2 fully saturated rings. The third-order valence-corrected chi connectivity index (χ3v) is 7.55. The molecule has 0 radical (unpaired) electrons. The largest absolute Gasteiger partial charge is 0.480 e. The number of anilines is 1. The zero-order valence-corrected chi connectivity index (χ0v) is 22.8. The van der Waals surface area contributed by atoms with Crippen LogP contribution < -0.4 is 16.0 Å². The number of benzene rings is 1. The minimum Gasteiger partial charge on any atom is -0.480 e. The van der Waals surface area contributed by atoms with E-state index in [2.05, 4.69) is 30.9 Å².